The smallest absolute Gasteiger partial charge is 0.0622 e. The Morgan fingerprint density at radius 1 is 1.40 bits per heavy atom. The predicted molar refractivity (Wildman–Crippen MR) is 84.1 cm³/mol. The van der Waals surface area contributed by atoms with Crippen molar-refractivity contribution in [2.75, 3.05) is 19.8 Å². The molecule has 0 aromatic heterocycles. The van der Waals surface area contributed by atoms with Gasteiger partial charge in [0.25, 0.3) is 0 Å². The van der Waals surface area contributed by atoms with Crippen molar-refractivity contribution in [3.63, 3.8) is 0 Å². The molecule has 1 saturated heterocycles. The highest BCUT2D eigenvalue weighted by atomic mass is 35.5. The molecular weight excluding hydrogens is 272 g/mol. The molecule has 2 rings (SSSR count). The first-order chi connectivity index (χ1) is 9.69. The number of hydrogen-bond donors (Lipinski definition) is 1. The van der Waals surface area contributed by atoms with Crippen LogP contribution in [0.1, 0.15) is 38.3 Å². The number of halogens is 1. The van der Waals surface area contributed by atoms with Gasteiger partial charge in [0.15, 0.2) is 0 Å². The molecule has 1 aromatic carbocycles. The molecule has 3 unspecified atom stereocenters. The largest absolute Gasteiger partial charge is 0.378 e. The van der Waals surface area contributed by atoms with Crippen LogP contribution in [-0.2, 0) is 4.74 Å². The molecule has 2 N–H and O–H groups in total. The van der Waals surface area contributed by atoms with Gasteiger partial charge in [0.2, 0.25) is 0 Å². The van der Waals surface area contributed by atoms with Gasteiger partial charge in [-0.25, -0.2) is 0 Å². The Labute approximate surface area is 127 Å². The maximum atomic E-state index is 6.42. The zero-order chi connectivity index (χ0) is 14.5. The van der Waals surface area contributed by atoms with E-state index in [0.717, 1.165) is 43.2 Å². The number of rotatable bonds is 5. The summed E-state index contributed by atoms with van der Waals surface area (Å²) in [6, 6.07) is 8.74. The third-order valence-electron chi connectivity index (χ3n) is 4.20. The summed E-state index contributed by atoms with van der Waals surface area (Å²) < 4.78 is 5.62. The fourth-order valence-electron chi connectivity index (χ4n) is 2.98. The third kappa shape index (κ3) is 3.34. The van der Waals surface area contributed by atoms with E-state index in [1.807, 2.05) is 18.2 Å². The van der Waals surface area contributed by atoms with Gasteiger partial charge in [-0.05, 0) is 24.5 Å². The van der Waals surface area contributed by atoms with E-state index in [0.29, 0.717) is 6.04 Å². The monoisotopic (exact) mass is 296 g/mol. The summed E-state index contributed by atoms with van der Waals surface area (Å²) >= 11 is 6.42. The zero-order valence-electron chi connectivity index (χ0n) is 12.4. The lowest BCUT2D eigenvalue weighted by molar-refractivity contribution is -0.0362. The Hall–Kier alpha value is -0.610. The van der Waals surface area contributed by atoms with Gasteiger partial charge in [0.05, 0.1) is 19.3 Å². The van der Waals surface area contributed by atoms with Gasteiger partial charge >= 0.3 is 0 Å². The Morgan fingerprint density at radius 2 is 2.15 bits per heavy atom. The molecule has 3 nitrogen and oxygen atoms in total. The summed E-state index contributed by atoms with van der Waals surface area (Å²) in [5, 5.41) is 0.808. The fraction of sp³-hybridized carbons (Fsp3) is 0.625. The van der Waals surface area contributed by atoms with Gasteiger partial charge in [-0.3, -0.25) is 4.90 Å². The molecule has 0 bridgehead atoms. The molecule has 20 heavy (non-hydrogen) atoms. The highest BCUT2D eigenvalue weighted by molar-refractivity contribution is 6.31. The van der Waals surface area contributed by atoms with Crippen LogP contribution in [0.5, 0.6) is 0 Å². The zero-order valence-corrected chi connectivity index (χ0v) is 13.1. The van der Waals surface area contributed by atoms with Gasteiger partial charge in [0, 0.05) is 23.7 Å². The second-order valence-corrected chi connectivity index (χ2v) is 5.82. The first kappa shape index (κ1) is 15.8. The minimum atomic E-state index is 0.0852. The van der Waals surface area contributed by atoms with Crippen LogP contribution < -0.4 is 5.73 Å². The number of hydrogen-bond acceptors (Lipinski definition) is 3. The van der Waals surface area contributed by atoms with Crippen molar-refractivity contribution in [1.29, 1.82) is 0 Å². The SMILES string of the molecule is CCC(N)C(c1ccccc1Cl)N1CCOCC1CC. The summed E-state index contributed by atoms with van der Waals surface area (Å²) in [7, 11) is 0. The fourth-order valence-corrected chi connectivity index (χ4v) is 3.23. The summed E-state index contributed by atoms with van der Waals surface area (Å²) in [5.41, 5.74) is 7.57. The molecule has 0 radical (unpaired) electrons. The number of ether oxygens (including phenoxy) is 1. The molecule has 0 saturated carbocycles. The average molecular weight is 297 g/mol. The van der Waals surface area contributed by atoms with Gasteiger partial charge in [-0.1, -0.05) is 43.6 Å². The molecule has 3 atom stereocenters. The summed E-state index contributed by atoms with van der Waals surface area (Å²) in [6.07, 6.45) is 2.00. The first-order valence-electron chi connectivity index (χ1n) is 7.52. The Bertz CT molecular complexity index is 427. The van der Waals surface area contributed by atoms with E-state index >= 15 is 0 Å². The standard InChI is InChI=1S/C16H25ClN2O/c1-3-12-11-20-10-9-19(12)16(15(18)4-2)13-7-5-6-8-14(13)17/h5-8,12,15-16H,3-4,9-11,18H2,1-2H3. The van der Waals surface area contributed by atoms with Crippen molar-refractivity contribution in [3.05, 3.63) is 34.9 Å². The Kier molecular flexibility index (Phi) is 5.85. The van der Waals surface area contributed by atoms with E-state index in [1.54, 1.807) is 0 Å². The van der Waals surface area contributed by atoms with Crippen molar-refractivity contribution in [3.8, 4) is 0 Å². The highest BCUT2D eigenvalue weighted by Crippen LogP contribution is 2.33. The van der Waals surface area contributed by atoms with Crippen LogP contribution in [0.4, 0.5) is 0 Å². The van der Waals surface area contributed by atoms with Crippen LogP contribution in [-0.4, -0.2) is 36.7 Å². The molecule has 0 spiro atoms. The third-order valence-corrected chi connectivity index (χ3v) is 4.55. The number of benzene rings is 1. The van der Waals surface area contributed by atoms with E-state index in [4.69, 9.17) is 22.1 Å². The molecule has 1 fully saturated rings. The average Bonchev–Trinajstić information content (AvgIpc) is 2.49. The maximum Gasteiger partial charge on any atom is 0.0622 e. The lowest BCUT2D eigenvalue weighted by atomic mass is 9.94. The van der Waals surface area contributed by atoms with Crippen molar-refractivity contribution in [2.45, 2.75) is 44.8 Å². The van der Waals surface area contributed by atoms with E-state index in [9.17, 15) is 0 Å². The topological polar surface area (TPSA) is 38.5 Å². The minimum absolute atomic E-state index is 0.0852. The molecule has 1 aliphatic rings. The van der Waals surface area contributed by atoms with Crippen LogP contribution in [0.25, 0.3) is 0 Å². The number of nitrogens with zero attached hydrogens (tertiary/aromatic N) is 1. The van der Waals surface area contributed by atoms with Gasteiger partial charge in [0.1, 0.15) is 0 Å². The second-order valence-electron chi connectivity index (χ2n) is 5.41. The van der Waals surface area contributed by atoms with E-state index < -0.39 is 0 Å². The van der Waals surface area contributed by atoms with Crippen molar-refractivity contribution in [1.82, 2.24) is 4.90 Å². The highest BCUT2D eigenvalue weighted by Gasteiger charge is 2.33. The number of nitrogens with two attached hydrogens (primary N) is 1. The first-order valence-corrected chi connectivity index (χ1v) is 7.90. The maximum absolute atomic E-state index is 6.42. The molecule has 0 amide bonds. The van der Waals surface area contributed by atoms with Gasteiger partial charge < -0.3 is 10.5 Å². The number of morpholine rings is 1. The van der Waals surface area contributed by atoms with Crippen LogP contribution in [0, 0.1) is 0 Å². The van der Waals surface area contributed by atoms with Crippen molar-refractivity contribution in [2.24, 2.45) is 5.73 Å². The summed E-state index contributed by atoms with van der Waals surface area (Å²) in [4.78, 5) is 2.48. The lowest BCUT2D eigenvalue weighted by Crippen LogP contribution is -2.51. The molecule has 1 heterocycles. The van der Waals surface area contributed by atoms with Crippen molar-refractivity contribution >= 4 is 11.6 Å². The van der Waals surface area contributed by atoms with Crippen LogP contribution >= 0.6 is 11.6 Å². The predicted octanol–water partition coefficient (Wildman–Crippen LogP) is 3.23. The molecular formula is C16H25ClN2O. The van der Waals surface area contributed by atoms with E-state index in [-0.39, 0.29) is 12.1 Å². The molecule has 0 aliphatic carbocycles. The lowest BCUT2D eigenvalue weighted by Gasteiger charge is -2.43. The van der Waals surface area contributed by atoms with Gasteiger partial charge in [-0.2, -0.15) is 0 Å². The van der Waals surface area contributed by atoms with Crippen molar-refractivity contribution < 1.29 is 4.74 Å². The van der Waals surface area contributed by atoms with E-state index in [1.165, 1.54) is 0 Å². The summed E-state index contributed by atoms with van der Waals surface area (Å²) in [5.74, 6) is 0. The molecule has 1 aliphatic heterocycles. The summed E-state index contributed by atoms with van der Waals surface area (Å²) in [6.45, 7) is 6.81. The second kappa shape index (κ2) is 7.41. The normalized spacial score (nSPS) is 23.5. The minimum Gasteiger partial charge on any atom is -0.378 e. The quantitative estimate of drug-likeness (QED) is 0.906. The molecule has 4 heteroatoms. The van der Waals surface area contributed by atoms with Crippen LogP contribution in [0.3, 0.4) is 0 Å². The van der Waals surface area contributed by atoms with Gasteiger partial charge in [-0.15, -0.1) is 0 Å². The molecule has 112 valence electrons. The van der Waals surface area contributed by atoms with Crippen LogP contribution in [0.15, 0.2) is 24.3 Å². The molecule has 1 aromatic rings. The van der Waals surface area contributed by atoms with E-state index in [2.05, 4.69) is 24.8 Å². The van der Waals surface area contributed by atoms with Crippen LogP contribution in [0.2, 0.25) is 5.02 Å². The Morgan fingerprint density at radius 3 is 2.80 bits per heavy atom. The Balaban J connectivity index is 2.34.